The van der Waals surface area contributed by atoms with Crippen molar-refractivity contribution in [3.05, 3.63) is 70.1 Å². The molecule has 128 valence electrons. The van der Waals surface area contributed by atoms with Crippen LogP contribution in [0.3, 0.4) is 0 Å². The molecule has 2 aromatic carbocycles. The van der Waals surface area contributed by atoms with E-state index in [1.54, 1.807) is 0 Å². The van der Waals surface area contributed by atoms with Crippen LogP contribution >= 0.6 is 11.6 Å². The Bertz CT molecular complexity index is 860. The SMILES string of the molecule is COc1ccc(F)cc1/C=C1/N=C(CCc2ccc(Cl)cc2)NC1=O. The smallest absolute Gasteiger partial charge is 0.275 e. The molecule has 1 N–H and O–H groups in total. The van der Waals surface area contributed by atoms with Crippen LogP contribution in [0.2, 0.25) is 5.02 Å². The van der Waals surface area contributed by atoms with Crippen LogP contribution in [0.25, 0.3) is 6.08 Å². The highest BCUT2D eigenvalue weighted by Gasteiger charge is 2.20. The van der Waals surface area contributed by atoms with E-state index in [1.165, 1.54) is 31.4 Å². The molecule has 0 aliphatic carbocycles. The first-order valence-corrected chi connectivity index (χ1v) is 8.11. The van der Waals surface area contributed by atoms with Crippen LogP contribution in [0.1, 0.15) is 17.5 Å². The number of halogens is 2. The monoisotopic (exact) mass is 358 g/mol. The van der Waals surface area contributed by atoms with E-state index in [0.717, 1.165) is 12.0 Å². The quantitative estimate of drug-likeness (QED) is 0.822. The van der Waals surface area contributed by atoms with Gasteiger partial charge < -0.3 is 10.1 Å². The van der Waals surface area contributed by atoms with Crippen LogP contribution in [0.4, 0.5) is 4.39 Å². The fraction of sp³-hybridized carbons (Fsp3) is 0.158. The molecule has 6 heteroatoms. The lowest BCUT2D eigenvalue weighted by atomic mass is 10.1. The van der Waals surface area contributed by atoms with E-state index < -0.39 is 5.82 Å². The molecule has 1 heterocycles. The lowest BCUT2D eigenvalue weighted by Gasteiger charge is -2.04. The summed E-state index contributed by atoms with van der Waals surface area (Å²) < 4.78 is 18.6. The third-order valence-electron chi connectivity index (χ3n) is 3.79. The second-order valence-electron chi connectivity index (χ2n) is 5.55. The van der Waals surface area contributed by atoms with E-state index in [4.69, 9.17) is 16.3 Å². The van der Waals surface area contributed by atoms with Gasteiger partial charge >= 0.3 is 0 Å². The maximum atomic E-state index is 13.4. The number of hydrogen-bond acceptors (Lipinski definition) is 3. The number of aliphatic imine (C=N–C) groups is 1. The van der Waals surface area contributed by atoms with Crippen molar-refractivity contribution in [3.63, 3.8) is 0 Å². The molecule has 0 spiro atoms. The number of carbonyl (C=O) groups is 1. The number of methoxy groups -OCH3 is 1. The van der Waals surface area contributed by atoms with Gasteiger partial charge in [-0.1, -0.05) is 23.7 Å². The fourth-order valence-corrected chi connectivity index (χ4v) is 2.64. The normalized spacial score (nSPS) is 15.2. The van der Waals surface area contributed by atoms with E-state index in [0.29, 0.717) is 28.6 Å². The lowest BCUT2D eigenvalue weighted by molar-refractivity contribution is -0.115. The highest BCUT2D eigenvalue weighted by atomic mass is 35.5. The lowest BCUT2D eigenvalue weighted by Crippen LogP contribution is -2.24. The minimum absolute atomic E-state index is 0.231. The third kappa shape index (κ3) is 4.25. The first-order valence-electron chi connectivity index (χ1n) is 7.74. The molecule has 3 rings (SSSR count). The Kier molecular flexibility index (Phi) is 5.14. The van der Waals surface area contributed by atoms with Gasteiger partial charge in [0.25, 0.3) is 5.91 Å². The zero-order chi connectivity index (χ0) is 17.8. The summed E-state index contributed by atoms with van der Waals surface area (Å²) in [5.41, 5.74) is 1.80. The molecule has 2 aromatic rings. The number of nitrogens with zero attached hydrogens (tertiary/aromatic N) is 1. The summed E-state index contributed by atoms with van der Waals surface area (Å²) >= 11 is 5.86. The van der Waals surface area contributed by atoms with E-state index >= 15 is 0 Å². The Balaban J connectivity index is 1.76. The number of benzene rings is 2. The second-order valence-corrected chi connectivity index (χ2v) is 5.99. The molecule has 0 fully saturated rings. The van der Waals surface area contributed by atoms with Crippen LogP contribution in [-0.4, -0.2) is 18.9 Å². The first-order chi connectivity index (χ1) is 12.0. The highest BCUT2D eigenvalue weighted by molar-refractivity contribution is 6.30. The number of amidine groups is 1. The Morgan fingerprint density at radius 1 is 1.20 bits per heavy atom. The van der Waals surface area contributed by atoms with Crippen molar-refractivity contribution in [2.75, 3.05) is 7.11 Å². The largest absolute Gasteiger partial charge is 0.496 e. The molecular formula is C19H16ClFN2O2. The Hall–Kier alpha value is -2.66. The number of nitrogens with one attached hydrogen (secondary N) is 1. The zero-order valence-electron chi connectivity index (χ0n) is 13.6. The van der Waals surface area contributed by atoms with Crippen LogP contribution in [0.5, 0.6) is 5.75 Å². The van der Waals surface area contributed by atoms with Crippen molar-refractivity contribution < 1.29 is 13.9 Å². The standard InChI is InChI=1S/C19H16ClFN2O2/c1-25-17-8-7-15(21)10-13(17)11-16-19(24)23-18(22-16)9-4-12-2-5-14(20)6-3-12/h2-3,5-8,10-11H,4,9H2,1H3,(H,22,23,24)/b16-11+. The van der Waals surface area contributed by atoms with Crippen molar-refractivity contribution in [3.8, 4) is 5.75 Å². The second kappa shape index (κ2) is 7.49. The van der Waals surface area contributed by atoms with Crippen molar-refractivity contribution in [2.45, 2.75) is 12.8 Å². The number of amides is 1. The maximum Gasteiger partial charge on any atom is 0.275 e. The molecule has 0 unspecified atom stereocenters. The summed E-state index contributed by atoms with van der Waals surface area (Å²) in [6.45, 7) is 0. The average molecular weight is 359 g/mol. The van der Waals surface area contributed by atoms with Crippen LogP contribution in [0, 0.1) is 5.82 Å². The van der Waals surface area contributed by atoms with E-state index in [1.807, 2.05) is 24.3 Å². The molecular weight excluding hydrogens is 343 g/mol. The van der Waals surface area contributed by atoms with Gasteiger partial charge in [-0.05, 0) is 48.4 Å². The average Bonchev–Trinajstić information content (AvgIpc) is 2.94. The Labute approximate surface area is 150 Å². The summed E-state index contributed by atoms with van der Waals surface area (Å²) in [6.07, 6.45) is 2.84. The molecule has 1 aliphatic heterocycles. The van der Waals surface area contributed by atoms with Crippen LogP contribution in [-0.2, 0) is 11.2 Å². The molecule has 0 atom stereocenters. The van der Waals surface area contributed by atoms with Gasteiger partial charge in [-0.25, -0.2) is 9.38 Å². The summed E-state index contributed by atoms with van der Waals surface area (Å²) in [5, 5.41) is 3.42. The minimum Gasteiger partial charge on any atom is -0.496 e. The minimum atomic E-state index is -0.405. The number of ether oxygens (including phenoxy) is 1. The number of rotatable bonds is 5. The molecule has 0 radical (unpaired) electrons. The fourth-order valence-electron chi connectivity index (χ4n) is 2.51. The van der Waals surface area contributed by atoms with Gasteiger partial charge in [-0.2, -0.15) is 0 Å². The molecule has 1 aliphatic rings. The summed E-state index contributed by atoms with van der Waals surface area (Å²) in [5.74, 6) is 0.350. The van der Waals surface area contributed by atoms with Gasteiger partial charge in [-0.3, -0.25) is 4.79 Å². The maximum absolute atomic E-state index is 13.4. The van der Waals surface area contributed by atoms with Gasteiger partial charge in [-0.15, -0.1) is 0 Å². The van der Waals surface area contributed by atoms with Gasteiger partial charge in [0.15, 0.2) is 0 Å². The number of hydrogen-bond donors (Lipinski definition) is 1. The van der Waals surface area contributed by atoms with Gasteiger partial charge in [0.1, 0.15) is 23.1 Å². The highest BCUT2D eigenvalue weighted by Crippen LogP contribution is 2.23. The predicted molar refractivity (Wildman–Crippen MR) is 96.3 cm³/mol. The van der Waals surface area contributed by atoms with Crippen LogP contribution < -0.4 is 10.1 Å². The Morgan fingerprint density at radius 2 is 1.96 bits per heavy atom. The molecule has 4 nitrogen and oxygen atoms in total. The molecule has 0 saturated heterocycles. The van der Waals surface area contributed by atoms with Crippen molar-refractivity contribution in [2.24, 2.45) is 4.99 Å². The number of carbonyl (C=O) groups excluding carboxylic acids is 1. The molecule has 0 aromatic heterocycles. The summed E-state index contributed by atoms with van der Waals surface area (Å²) in [6, 6.07) is 11.7. The molecule has 25 heavy (non-hydrogen) atoms. The van der Waals surface area contributed by atoms with E-state index in [-0.39, 0.29) is 11.6 Å². The van der Waals surface area contributed by atoms with Crippen LogP contribution in [0.15, 0.2) is 53.2 Å². The van der Waals surface area contributed by atoms with Crippen molar-refractivity contribution in [1.29, 1.82) is 0 Å². The topological polar surface area (TPSA) is 50.7 Å². The van der Waals surface area contributed by atoms with Gasteiger partial charge in [0.05, 0.1) is 7.11 Å². The predicted octanol–water partition coefficient (Wildman–Crippen LogP) is 3.99. The van der Waals surface area contributed by atoms with Crippen molar-refractivity contribution in [1.82, 2.24) is 5.32 Å². The third-order valence-corrected chi connectivity index (χ3v) is 4.05. The Morgan fingerprint density at radius 3 is 2.68 bits per heavy atom. The summed E-state index contributed by atoms with van der Waals surface area (Å²) in [7, 11) is 1.49. The van der Waals surface area contributed by atoms with E-state index in [2.05, 4.69) is 10.3 Å². The molecule has 0 bridgehead atoms. The zero-order valence-corrected chi connectivity index (χ0v) is 14.3. The first kappa shape index (κ1) is 17.2. The number of aryl methyl sites for hydroxylation is 1. The molecule has 1 amide bonds. The van der Waals surface area contributed by atoms with E-state index in [9.17, 15) is 9.18 Å². The van der Waals surface area contributed by atoms with Crippen molar-refractivity contribution >= 4 is 29.4 Å². The summed E-state index contributed by atoms with van der Waals surface area (Å²) in [4.78, 5) is 16.4. The van der Waals surface area contributed by atoms with Gasteiger partial charge in [0.2, 0.25) is 0 Å². The van der Waals surface area contributed by atoms with Gasteiger partial charge in [0, 0.05) is 17.0 Å². The molecule has 0 saturated carbocycles.